The van der Waals surface area contributed by atoms with Gasteiger partial charge in [-0.3, -0.25) is 4.90 Å². The summed E-state index contributed by atoms with van der Waals surface area (Å²) in [6, 6.07) is 11.5. The number of aromatic nitrogens is 2. The van der Waals surface area contributed by atoms with Gasteiger partial charge in [-0.2, -0.15) is 13.2 Å². The summed E-state index contributed by atoms with van der Waals surface area (Å²) in [5.74, 6) is -0.377. The maximum atomic E-state index is 12.5. The smallest absolute Gasteiger partial charge is 0.459 e. The molecule has 182 valence electrons. The summed E-state index contributed by atoms with van der Waals surface area (Å²) in [6.07, 6.45) is 0.0355. The Morgan fingerprint density at radius 3 is 2.74 bits per heavy atom. The predicted molar refractivity (Wildman–Crippen MR) is 126 cm³/mol. The number of nitrogens with one attached hydrogen (secondary N) is 1. The van der Waals surface area contributed by atoms with Gasteiger partial charge in [-0.1, -0.05) is 12.5 Å². The number of nitrogens with zero attached hydrogens (tertiary/aromatic N) is 3. The van der Waals surface area contributed by atoms with Crippen LogP contribution in [0.4, 0.5) is 24.7 Å². The van der Waals surface area contributed by atoms with Crippen molar-refractivity contribution in [3.8, 4) is 16.4 Å². The van der Waals surface area contributed by atoms with Crippen molar-refractivity contribution in [1.29, 1.82) is 0 Å². The summed E-state index contributed by atoms with van der Waals surface area (Å²) in [5, 5.41) is 3.07. The number of carbonyl (C=O) groups excluding carboxylic acids is 1. The number of thiophene rings is 1. The minimum Gasteiger partial charge on any atom is -0.459 e. The third-order valence-electron chi connectivity index (χ3n) is 5.58. The fraction of sp³-hybridized carbons (Fsp3) is 0.292. The van der Waals surface area contributed by atoms with Crippen LogP contribution in [-0.4, -0.2) is 40.1 Å². The number of likely N-dealkylation sites (tertiary alicyclic amines) is 1. The summed E-state index contributed by atoms with van der Waals surface area (Å²) in [5.41, 5.74) is 1.12. The first kappa shape index (κ1) is 23.3. The molecule has 0 aliphatic carbocycles. The summed E-state index contributed by atoms with van der Waals surface area (Å²) < 4.78 is 48.8. The Morgan fingerprint density at radius 1 is 1.11 bits per heavy atom. The number of halogens is 3. The van der Waals surface area contributed by atoms with Gasteiger partial charge in [-0.05, 0) is 56.3 Å². The number of hydrogen-bond donors (Lipinski definition) is 1. The molecule has 0 radical (unpaired) electrons. The first-order valence-electron chi connectivity index (χ1n) is 11.1. The third-order valence-corrected chi connectivity index (χ3v) is 6.73. The molecule has 3 aromatic heterocycles. The van der Waals surface area contributed by atoms with Crippen molar-refractivity contribution in [2.75, 3.05) is 18.4 Å². The molecule has 11 heteroatoms. The SMILES string of the molecule is O=C(Oc1cccc(Nc2ncnc3cc(-c4ccc(CN5CCCCC5)o4)sc23)c1)C(F)(F)F. The topological polar surface area (TPSA) is 80.5 Å². The lowest BCUT2D eigenvalue weighted by molar-refractivity contribution is -0.189. The van der Waals surface area contributed by atoms with Crippen LogP contribution in [0, 0.1) is 0 Å². The molecule has 0 bridgehead atoms. The van der Waals surface area contributed by atoms with Gasteiger partial charge in [0.25, 0.3) is 0 Å². The fourth-order valence-electron chi connectivity index (χ4n) is 3.94. The van der Waals surface area contributed by atoms with Crippen LogP contribution in [0.2, 0.25) is 0 Å². The average Bonchev–Trinajstić information content (AvgIpc) is 3.47. The van der Waals surface area contributed by atoms with Crippen molar-refractivity contribution in [1.82, 2.24) is 14.9 Å². The number of furan rings is 1. The predicted octanol–water partition coefficient (Wildman–Crippen LogP) is 6.15. The van der Waals surface area contributed by atoms with Crippen LogP contribution in [0.1, 0.15) is 25.0 Å². The second-order valence-corrected chi connectivity index (χ2v) is 9.24. The van der Waals surface area contributed by atoms with Gasteiger partial charge in [0, 0.05) is 11.8 Å². The largest absolute Gasteiger partial charge is 0.491 e. The molecule has 0 spiro atoms. The van der Waals surface area contributed by atoms with E-state index in [9.17, 15) is 18.0 Å². The lowest BCUT2D eigenvalue weighted by Crippen LogP contribution is -2.28. The molecule has 1 N–H and O–H groups in total. The third kappa shape index (κ3) is 5.46. The molecule has 35 heavy (non-hydrogen) atoms. The number of benzene rings is 1. The van der Waals surface area contributed by atoms with Crippen LogP contribution >= 0.6 is 11.3 Å². The Morgan fingerprint density at radius 2 is 1.94 bits per heavy atom. The number of rotatable bonds is 6. The Balaban J connectivity index is 1.34. The van der Waals surface area contributed by atoms with E-state index in [2.05, 4.69) is 24.9 Å². The molecule has 0 saturated carbocycles. The van der Waals surface area contributed by atoms with Gasteiger partial charge in [0.15, 0.2) is 5.82 Å². The molecule has 1 aromatic carbocycles. The van der Waals surface area contributed by atoms with E-state index in [1.54, 1.807) is 6.07 Å². The highest BCUT2D eigenvalue weighted by molar-refractivity contribution is 7.22. The average molecular weight is 503 g/mol. The molecule has 1 aliphatic rings. The van der Waals surface area contributed by atoms with Crippen molar-refractivity contribution in [2.24, 2.45) is 0 Å². The molecule has 7 nitrogen and oxygen atoms in total. The first-order valence-corrected chi connectivity index (χ1v) is 11.9. The van der Waals surface area contributed by atoms with Crippen molar-refractivity contribution in [3.05, 3.63) is 54.6 Å². The number of alkyl halides is 3. The van der Waals surface area contributed by atoms with E-state index in [0.717, 1.165) is 40.7 Å². The number of anilines is 2. The molecule has 4 heterocycles. The lowest BCUT2D eigenvalue weighted by atomic mass is 10.1. The molecular weight excluding hydrogens is 481 g/mol. The second kappa shape index (κ2) is 9.67. The number of ether oxygens (including phenoxy) is 1. The summed E-state index contributed by atoms with van der Waals surface area (Å²) in [4.78, 5) is 23.0. The number of piperidine rings is 1. The van der Waals surface area contributed by atoms with Gasteiger partial charge in [-0.25, -0.2) is 14.8 Å². The second-order valence-electron chi connectivity index (χ2n) is 8.19. The number of fused-ring (bicyclic) bond motifs is 1. The summed E-state index contributed by atoms with van der Waals surface area (Å²) in [6.45, 7) is 2.95. The van der Waals surface area contributed by atoms with Gasteiger partial charge in [0.2, 0.25) is 0 Å². The number of hydrogen-bond acceptors (Lipinski definition) is 8. The summed E-state index contributed by atoms with van der Waals surface area (Å²) in [7, 11) is 0. The highest BCUT2D eigenvalue weighted by Gasteiger charge is 2.41. The quantitative estimate of drug-likeness (QED) is 0.250. The zero-order valence-corrected chi connectivity index (χ0v) is 19.3. The highest BCUT2D eigenvalue weighted by atomic mass is 32.1. The molecular formula is C24H21F3N4O3S. The van der Waals surface area contributed by atoms with Gasteiger partial charge < -0.3 is 14.5 Å². The molecule has 1 aliphatic heterocycles. The molecule has 1 saturated heterocycles. The number of carbonyl (C=O) groups is 1. The van der Waals surface area contributed by atoms with Crippen molar-refractivity contribution in [2.45, 2.75) is 32.0 Å². The molecule has 4 aromatic rings. The molecule has 0 amide bonds. The van der Waals surface area contributed by atoms with Crippen LogP contribution in [-0.2, 0) is 11.3 Å². The van der Waals surface area contributed by atoms with Crippen LogP contribution in [0.3, 0.4) is 0 Å². The molecule has 1 fully saturated rings. The van der Waals surface area contributed by atoms with E-state index in [-0.39, 0.29) is 5.75 Å². The van der Waals surface area contributed by atoms with Crippen molar-refractivity contribution >= 4 is 39.0 Å². The normalized spacial score (nSPS) is 14.8. The Labute approximate surface area is 202 Å². The Bertz CT molecular complexity index is 1350. The molecule has 5 rings (SSSR count). The van der Waals surface area contributed by atoms with Gasteiger partial charge in [-0.15, -0.1) is 11.3 Å². The lowest BCUT2D eigenvalue weighted by Gasteiger charge is -2.25. The zero-order valence-electron chi connectivity index (χ0n) is 18.5. The molecule has 0 unspecified atom stereocenters. The zero-order chi connectivity index (χ0) is 24.4. The van der Waals surface area contributed by atoms with Gasteiger partial charge in [0.1, 0.15) is 23.6 Å². The highest BCUT2D eigenvalue weighted by Crippen LogP contribution is 2.37. The maximum Gasteiger partial charge on any atom is 0.491 e. The number of esters is 1. The monoisotopic (exact) mass is 502 g/mol. The molecule has 0 atom stereocenters. The van der Waals surface area contributed by atoms with Gasteiger partial charge in [0.05, 0.1) is 21.6 Å². The van der Waals surface area contributed by atoms with Crippen LogP contribution in [0.5, 0.6) is 5.75 Å². The van der Waals surface area contributed by atoms with Crippen LogP contribution < -0.4 is 10.1 Å². The van der Waals surface area contributed by atoms with E-state index in [1.165, 1.54) is 55.1 Å². The van der Waals surface area contributed by atoms with Crippen molar-refractivity contribution in [3.63, 3.8) is 0 Å². The Kier molecular flexibility index (Phi) is 6.44. The maximum absolute atomic E-state index is 12.5. The van der Waals surface area contributed by atoms with E-state index >= 15 is 0 Å². The minimum atomic E-state index is -5.07. The van der Waals surface area contributed by atoms with E-state index in [1.807, 2.05) is 18.2 Å². The fourth-order valence-corrected chi connectivity index (χ4v) is 4.95. The van der Waals surface area contributed by atoms with Crippen LogP contribution in [0.25, 0.3) is 20.9 Å². The summed E-state index contributed by atoms with van der Waals surface area (Å²) >= 11 is 1.44. The van der Waals surface area contributed by atoms with E-state index in [4.69, 9.17) is 4.42 Å². The van der Waals surface area contributed by atoms with Crippen molar-refractivity contribution < 1.29 is 27.1 Å². The Hall–Kier alpha value is -3.44. The van der Waals surface area contributed by atoms with E-state index in [0.29, 0.717) is 17.0 Å². The van der Waals surface area contributed by atoms with E-state index < -0.39 is 12.1 Å². The standard InChI is InChI=1S/C24H21F3N4O3S/c25-24(26,27)23(32)34-16-6-4-5-15(11-16)30-22-21-18(28-14-29-22)12-20(35-21)19-8-7-17(33-19)13-31-9-2-1-3-10-31/h4-8,11-12,14H,1-3,9-10,13H2,(H,28,29,30). The van der Waals surface area contributed by atoms with Gasteiger partial charge >= 0.3 is 12.1 Å². The first-order chi connectivity index (χ1) is 16.8. The van der Waals surface area contributed by atoms with Crippen LogP contribution in [0.15, 0.2) is 53.2 Å². The minimum absolute atomic E-state index is 0.230.